The van der Waals surface area contributed by atoms with Gasteiger partial charge in [-0.05, 0) is 82.6 Å². The third-order valence-electron chi connectivity index (χ3n) is 11.0. The second kappa shape index (κ2) is 11.7. The zero-order valence-electron chi connectivity index (χ0n) is 29.1. The summed E-state index contributed by atoms with van der Waals surface area (Å²) in [7, 11) is 0. The number of benzene rings is 6. The highest BCUT2D eigenvalue weighted by atomic mass is 16.3. The number of rotatable bonds is 4. The molecule has 9 aromatic rings. The van der Waals surface area contributed by atoms with Crippen LogP contribution in [0.4, 0.5) is 0 Å². The van der Waals surface area contributed by atoms with Crippen LogP contribution in [-0.2, 0) is 0 Å². The standard InChI is InChI=1S/C48H33N3O2/c1-28-10-8-19-40-42(28)38-17-9-16-36(45(38)53-40)35-24-25-41-43(37-15-6-7-18-39(37)52-41)44(35)48-50-46(33-22-20-29-11-2-4-13-31(29)26-33)49-47(51-48)34-23-21-30-12-3-5-14-32(30)27-34/h2-8,11-15,17-28H,9-10,16H2,1H3. The zero-order chi connectivity index (χ0) is 35.0. The molecule has 1 atom stereocenters. The monoisotopic (exact) mass is 683 g/mol. The number of aromatic nitrogens is 3. The van der Waals surface area contributed by atoms with Crippen molar-refractivity contribution in [3.05, 3.63) is 155 Å². The molecule has 2 aliphatic carbocycles. The van der Waals surface area contributed by atoms with Crippen molar-refractivity contribution in [2.24, 2.45) is 0 Å². The van der Waals surface area contributed by atoms with E-state index in [2.05, 4.69) is 134 Å². The van der Waals surface area contributed by atoms with Gasteiger partial charge in [0, 0.05) is 43.8 Å². The van der Waals surface area contributed by atoms with Gasteiger partial charge >= 0.3 is 0 Å². The predicted octanol–water partition coefficient (Wildman–Crippen LogP) is 11.0. The maximum Gasteiger partial charge on any atom is 0.165 e. The minimum Gasteiger partial charge on any atom is -0.456 e. The second-order valence-electron chi connectivity index (χ2n) is 14.3. The maximum atomic E-state index is 6.77. The Kier molecular flexibility index (Phi) is 6.65. The number of hydrogen-bond acceptors (Lipinski definition) is 5. The summed E-state index contributed by atoms with van der Waals surface area (Å²) in [5.41, 5.74) is 8.90. The van der Waals surface area contributed by atoms with E-state index in [0.29, 0.717) is 23.4 Å². The number of nitrogens with zero attached hydrogens (tertiary/aromatic N) is 3. The molecule has 3 aromatic heterocycles. The molecule has 11 rings (SSSR count). The van der Waals surface area contributed by atoms with E-state index in [1.807, 2.05) is 12.1 Å². The highest BCUT2D eigenvalue weighted by molar-refractivity contribution is 6.14. The Morgan fingerprint density at radius 2 is 1.28 bits per heavy atom. The first-order valence-corrected chi connectivity index (χ1v) is 18.4. The van der Waals surface area contributed by atoms with Gasteiger partial charge in [-0.2, -0.15) is 0 Å². The van der Waals surface area contributed by atoms with Crippen LogP contribution in [0.25, 0.3) is 95.4 Å². The first-order chi connectivity index (χ1) is 26.2. The molecule has 0 amide bonds. The van der Waals surface area contributed by atoms with Gasteiger partial charge in [0.25, 0.3) is 0 Å². The molecular formula is C48H33N3O2. The number of fused-ring (bicyclic) bond motifs is 8. The number of para-hydroxylation sites is 1. The molecule has 5 heteroatoms. The molecule has 2 aliphatic rings. The van der Waals surface area contributed by atoms with Crippen molar-refractivity contribution < 1.29 is 8.83 Å². The molecular weight excluding hydrogens is 651 g/mol. The Morgan fingerprint density at radius 3 is 2.02 bits per heavy atom. The van der Waals surface area contributed by atoms with Crippen molar-refractivity contribution in [1.82, 2.24) is 15.0 Å². The highest BCUT2D eigenvalue weighted by Gasteiger charge is 2.27. The second-order valence-corrected chi connectivity index (χ2v) is 14.3. The highest BCUT2D eigenvalue weighted by Crippen LogP contribution is 2.42. The number of hydrogen-bond donors (Lipinski definition) is 0. The molecule has 252 valence electrons. The van der Waals surface area contributed by atoms with Crippen LogP contribution in [0.1, 0.15) is 49.0 Å². The van der Waals surface area contributed by atoms with Gasteiger partial charge < -0.3 is 8.83 Å². The number of furan rings is 2. The lowest BCUT2D eigenvalue weighted by Crippen LogP contribution is -2.29. The summed E-state index contributed by atoms with van der Waals surface area (Å²) < 4.78 is 13.3. The van der Waals surface area contributed by atoms with Crippen LogP contribution in [0.5, 0.6) is 0 Å². The Labute approximate surface area is 305 Å². The van der Waals surface area contributed by atoms with Gasteiger partial charge in [-0.15, -0.1) is 0 Å². The van der Waals surface area contributed by atoms with E-state index in [1.54, 1.807) is 0 Å². The Morgan fingerprint density at radius 1 is 0.623 bits per heavy atom. The third-order valence-corrected chi connectivity index (χ3v) is 11.0. The molecule has 3 heterocycles. The molecule has 0 N–H and O–H groups in total. The fraction of sp³-hybridized carbons (Fsp3) is 0.104. The maximum absolute atomic E-state index is 6.77. The van der Waals surface area contributed by atoms with Crippen molar-refractivity contribution in [2.45, 2.75) is 32.1 Å². The Balaban J connectivity index is 1.25. The molecule has 0 aliphatic heterocycles. The van der Waals surface area contributed by atoms with E-state index in [4.69, 9.17) is 23.8 Å². The first-order valence-electron chi connectivity index (χ1n) is 18.4. The average molecular weight is 684 g/mol. The summed E-state index contributed by atoms with van der Waals surface area (Å²) in [6, 6.07) is 42.2. The lowest BCUT2D eigenvalue weighted by Gasteiger charge is -2.16. The summed E-state index contributed by atoms with van der Waals surface area (Å²) in [4.78, 5) is 15.9. The van der Waals surface area contributed by atoms with Gasteiger partial charge in [0.15, 0.2) is 17.5 Å². The average Bonchev–Trinajstić information content (AvgIpc) is 3.79. The summed E-state index contributed by atoms with van der Waals surface area (Å²) in [6.45, 7) is 2.29. The largest absolute Gasteiger partial charge is 0.456 e. The van der Waals surface area contributed by atoms with Crippen molar-refractivity contribution in [3.63, 3.8) is 0 Å². The quantitative estimate of drug-likeness (QED) is 0.185. The molecule has 0 saturated heterocycles. The van der Waals surface area contributed by atoms with E-state index in [9.17, 15) is 0 Å². The van der Waals surface area contributed by atoms with Crippen LogP contribution in [0.3, 0.4) is 0 Å². The van der Waals surface area contributed by atoms with Gasteiger partial charge in [-0.3, -0.25) is 0 Å². The Bertz CT molecular complexity index is 3030. The van der Waals surface area contributed by atoms with E-state index in [1.165, 1.54) is 27.1 Å². The van der Waals surface area contributed by atoms with Crippen LogP contribution in [0.2, 0.25) is 0 Å². The predicted molar refractivity (Wildman–Crippen MR) is 215 cm³/mol. The lowest BCUT2D eigenvalue weighted by atomic mass is 9.87. The van der Waals surface area contributed by atoms with Gasteiger partial charge in [-0.1, -0.05) is 116 Å². The van der Waals surface area contributed by atoms with Gasteiger partial charge in [-0.25, -0.2) is 15.0 Å². The smallest absolute Gasteiger partial charge is 0.165 e. The van der Waals surface area contributed by atoms with Gasteiger partial charge in [0.05, 0.1) is 0 Å². The summed E-state index contributed by atoms with van der Waals surface area (Å²) in [5, 5.41) is 7.85. The van der Waals surface area contributed by atoms with Crippen molar-refractivity contribution in [3.8, 4) is 34.2 Å². The van der Waals surface area contributed by atoms with E-state index >= 15 is 0 Å². The van der Waals surface area contributed by atoms with E-state index in [0.717, 1.165) is 85.4 Å². The summed E-state index contributed by atoms with van der Waals surface area (Å²) >= 11 is 0. The lowest BCUT2D eigenvalue weighted by molar-refractivity contribution is 0.510. The zero-order valence-corrected chi connectivity index (χ0v) is 29.1. The fourth-order valence-corrected chi connectivity index (χ4v) is 8.47. The molecule has 0 fully saturated rings. The SMILES string of the molecule is CC1CC=Cc2oc3c(c21)=CCCC=3c1ccc2oc3ccccc3c2c1-c1nc(-c2ccc3ccccc3c2)nc(-c2ccc3ccccc3c2)n1. The van der Waals surface area contributed by atoms with Crippen LogP contribution < -0.4 is 10.6 Å². The molecule has 6 aromatic carbocycles. The Hall–Kier alpha value is -6.59. The number of allylic oxidation sites excluding steroid dienone is 1. The third kappa shape index (κ3) is 4.81. The molecule has 5 nitrogen and oxygen atoms in total. The van der Waals surface area contributed by atoms with Crippen LogP contribution in [0, 0.1) is 0 Å². The molecule has 0 radical (unpaired) electrons. The normalized spacial score (nSPS) is 15.3. The van der Waals surface area contributed by atoms with Crippen molar-refractivity contribution in [1.29, 1.82) is 0 Å². The van der Waals surface area contributed by atoms with Crippen molar-refractivity contribution >= 4 is 61.2 Å². The topological polar surface area (TPSA) is 65.0 Å². The minimum atomic E-state index is 0.399. The molecule has 0 spiro atoms. The van der Waals surface area contributed by atoms with E-state index in [-0.39, 0.29) is 0 Å². The molecule has 53 heavy (non-hydrogen) atoms. The van der Waals surface area contributed by atoms with Crippen LogP contribution in [-0.4, -0.2) is 15.0 Å². The minimum absolute atomic E-state index is 0.399. The molecule has 0 bridgehead atoms. The fourth-order valence-electron chi connectivity index (χ4n) is 8.47. The summed E-state index contributed by atoms with van der Waals surface area (Å²) in [6.07, 6.45) is 9.51. The first kappa shape index (κ1) is 30.1. The van der Waals surface area contributed by atoms with Crippen LogP contribution >= 0.6 is 0 Å². The summed E-state index contributed by atoms with van der Waals surface area (Å²) in [5.74, 6) is 3.21. The van der Waals surface area contributed by atoms with Gasteiger partial charge in [0.1, 0.15) is 22.3 Å². The van der Waals surface area contributed by atoms with Crippen LogP contribution in [0.15, 0.2) is 136 Å². The van der Waals surface area contributed by atoms with Gasteiger partial charge in [0.2, 0.25) is 0 Å². The van der Waals surface area contributed by atoms with E-state index < -0.39 is 0 Å². The molecule has 0 saturated carbocycles. The van der Waals surface area contributed by atoms with Crippen molar-refractivity contribution in [2.75, 3.05) is 0 Å². The molecule has 1 unspecified atom stereocenters.